The smallest absolute Gasteiger partial charge is 0.415 e. The maximum absolute atomic E-state index is 12.5. The topological polar surface area (TPSA) is 178 Å². The van der Waals surface area contributed by atoms with Crippen LogP contribution < -0.4 is 30.3 Å². The molecule has 1 aromatic heterocycles. The number of amides is 2. The third-order valence-corrected chi connectivity index (χ3v) is 8.05. The van der Waals surface area contributed by atoms with Gasteiger partial charge in [-0.2, -0.15) is 5.26 Å². The van der Waals surface area contributed by atoms with Crippen LogP contribution in [-0.2, 0) is 27.2 Å². The Morgan fingerprint density at radius 3 is 2.82 bits per heavy atom. The first-order chi connectivity index (χ1) is 21.5. The lowest BCUT2D eigenvalue weighted by Gasteiger charge is -2.27. The van der Waals surface area contributed by atoms with Crippen LogP contribution in [0.15, 0.2) is 24.3 Å². The summed E-state index contributed by atoms with van der Waals surface area (Å²) in [7, 11) is 0. The van der Waals surface area contributed by atoms with Gasteiger partial charge in [0.15, 0.2) is 18.2 Å². The number of hydrogen-bond donors (Lipinski definition) is 4. The van der Waals surface area contributed by atoms with Gasteiger partial charge in [-0.3, -0.25) is 19.4 Å². The number of nitrogens with one attached hydrogen (secondary N) is 3. The van der Waals surface area contributed by atoms with Gasteiger partial charge >= 0.3 is 6.09 Å². The monoisotopic (exact) mass is 607 g/mol. The summed E-state index contributed by atoms with van der Waals surface area (Å²) in [5.41, 5.74) is 3.01. The van der Waals surface area contributed by atoms with E-state index in [1.807, 2.05) is 6.07 Å². The fourth-order valence-electron chi connectivity index (χ4n) is 5.90. The number of carboxylic acid groups (broad SMARTS) is 1. The van der Waals surface area contributed by atoms with E-state index in [0.717, 1.165) is 57.7 Å². The molecule has 44 heavy (non-hydrogen) atoms. The van der Waals surface area contributed by atoms with Gasteiger partial charge in [0, 0.05) is 32.7 Å². The van der Waals surface area contributed by atoms with Crippen molar-refractivity contribution in [3.63, 3.8) is 0 Å². The molecular weight excluding hydrogens is 570 g/mol. The number of carbonyl (C=O) groups is 3. The van der Waals surface area contributed by atoms with Crippen molar-refractivity contribution in [3.8, 4) is 17.6 Å². The molecular formula is C30H37N7O7. The number of nitriles is 1. The van der Waals surface area contributed by atoms with Crippen LogP contribution in [0.5, 0.6) is 11.5 Å². The standard InChI is InChI=1S/C29H35N7O5.CH2O2/c30-15-23-22-14-19(13-20(22)1-2-24(23)39-12-11-35-9-7-31-8-10-35)16-32-6-5-21-17-36(29(38)41-21)26-4-3-25-28(33-26)34-27(37)18-40-25;2-1-3/h1-4,19,21,31-32H,5-14,16-18H2,(H,33,34,37);1H,(H,2,3). The first-order valence-electron chi connectivity index (χ1n) is 14.8. The Labute approximate surface area is 255 Å². The number of piperazine rings is 1. The molecule has 14 heteroatoms. The van der Waals surface area contributed by atoms with Gasteiger partial charge in [0.25, 0.3) is 12.4 Å². The van der Waals surface area contributed by atoms with Crippen molar-refractivity contribution in [1.82, 2.24) is 20.5 Å². The van der Waals surface area contributed by atoms with Crippen LogP contribution in [0.3, 0.4) is 0 Å². The molecule has 2 amide bonds. The summed E-state index contributed by atoms with van der Waals surface area (Å²) in [5.74, 6) is 2.01. The zero-order valence-corrected chi connectivity index (χ0v) is 24.4. The molecule has 4 heterocycles. The molecule has 6 rings (SSSR count). The number of carbonyl (C=O) groups excluding carboxylic acids is 2. The molecule has 4 N–H and O–H groups in total. The van der Waals surface area contributed by atoms with Gasteiger partial charge in [0.05, 0.1) is 12.1 Å². The molecule has 1 aromatic carbocycles. The molecule has 0 bridgehead atoms. The van der Waals surface area contributed by atoms with Crippen LogP contribution in [-0.4, -0.2) is 105 Å². The van der Waals surface area contributed by atoms with E-state index in [4.69, 9.17) is 24.1 Å². The summed E-state index contributed by atoms with van der Waals surface area (Å²) in [6, 6.07) is 9.83. The van der Waals surface area contributed by atoms with E-state index >= 15 is 0 Å². The number of hydrogen-bond acceptors (Lipinski definition) is 11. The summed E-state index contributed by atoms with van der Waals surface area (Å²) >= 11 is 0. The molecule has 2 aromatic rings. The number of benzene rings is 1. The van der Waals surface area contributed by atoms with Gasteiger partial charge in [-0.05, 0) is 67.6 Å². The zero-order valence-electron chi connectivity index (χ0n) is 24.4. The number of cyclic esters (lactones) is 1. The van der Waals surface area contributed by atoms with E-state index in [-0.39, 0.29) is 25.1 Å². The minimum absolute atomic E-state index is 0.0475. The molecule has 2 fully saturated rings. The molecule has 234 valence electrons. The zero-order chi connectivity index (χ0) is 30.9. The van der Waals surface area contributed by atoms with E-state index < -0.39 is 6.09 Å². The Balaban J connectivity index is 0.00000123. The van der Waals surface area contributed by atoms with Crippen molar-refractivity contribution in [3.05, 3.63) is 41.0 Å². The quantitative estimate of drug-likeness (QED) is 0.223. The van der Waals surface area contributed by atoms with Gasteiger partial charge < -0.3 is 35.3 Å². The first kappa shape index (κ1) is 31.0. The number of anilines is 2. The Hall–Kier alpha value is -4.45. The van der Waals surface area contributed by atoms with E-state index in [1.54, 1.807) is 12.1 Å². The fraction of sp³-hybridized carbons (Fsp3) is 0.500. The molecule has 1 aliphatic carbocycles. The molecule has 0 spiro atoms. The van der Waals surface area contributed by atoms with Crippen molar-refractivity contribution in [2.24, 2.45) is 5.92 Å². The Bertz CT molecular complexity index is 1390. The molecule has 4 aliphatic rings. The van der Waals surface area contributed by atoms with Crippen LogP contribution in [0, 0.1) is 17.2 Å². The minimum atomic E-state index is -0.452. The average molecular weight is 608 g/mol. The summed E-state index contributed by atoms with van der Waals surface area (Å²) in [4.78, 5) is 40.7. The second kappa shape index (κ2) is 14.8. The highest BCUT2D eigenvalue weighted by molar-refractivity contribution is 5.95. The van der Waals surface area contributed by atoms with E-state index in [2.05, 4.69) is 38.0 Å². The van der Waals surface area contributed by atoms with E-state index in [1.165, 1.54) is 10.5 Å². The highest BCUT2D eigenvalue weighted by atomic mass is 16.6. The predicted octanol–water partition coefficient (Wildman–Crippen LogP) is 0.989. The predicted molar refractivity (Wildman–Crippen MR) is 159 cm³/mol. The Morgan fingerprint density at radius 2 is 2.02 bits per heavy atom. The molecule has 2 unspecified atom stereocenters. The lowest BCUT2D eigenvalue weighted by atomic mass is 10.0. The first-order valence-corrected chi connectivity index (χ1v) is 14.8. The van der Waals surface area contributed by atoms with E-state index in [0.29, 0.717) is 60.7 Å². The van der Waals surface area contributed by atoms with Gasteiger partial charge in [-0.25, -0.2) is 9.78 Å². The molecule has 14 nitrogen and oxygen atoms in total. The maximum atomic E-state index is 12.5. The second-order valence-electron chi connectivity index (χ2n) is 11.0. The molecule has 2 saturated heterocycles. The highest BCUT2D eigenvalue weighted by Crippen LogP contribution is 2.34. The molecule has 2 atom stereocenters. The van der Waals surface area contributed by atoms with Crippen LogP contribution >= 0.6 is 0 Å². The largest absolute Gasteiger partial charge is 0.491 e. The second-order valence-corrected chi connectivity index (χ2v) is 11.0. The van der Waals surface area contributed by atoms with Crippen LogP contribution in [0.25, 0.3) is 0 Å². The van der Waals surface area contributed by atoms with Gasteiger partial charge in [0.2, 0.25) is 0 Å². The Kier molecular flexibility index (Phi) is 10.4. The van der Waals surface area contributed by atoms with Crippen LogP contribution in [0.1, 0.15) is 23.1 Å². The van der Waals surface area contributed by atoms with Crippen molar-refractivity contribution in [2.45, 2.75) is 25.4 Å². The number of fused-ring (bicyclic) bond motifs is 2. The third-order valence-electron chi connectivity index (χ3n) is 8.05. The highest BCUT2D eigenvalue weighted by Gasteiger charge is 2.34. The summed E-state index contributed by atoms with van der Waals surface area (Å²) in [5, 5.41) is 26.3. The maximum Gasteiger partial charge on any atom is 0.415 e. The van der Waals surface area contributed by atoms with Gasteiger partial charge in [-0.1, -0.05) is 6.07 Å². The Morgan fingerprint density at radius 1 is 1.20 bits per heavy atom. The van der Waals surface area contributed by atoms with Gasteiger partial charge in [-0.15, -0.1) is 0 Å². The van der Waals surface area contributed by atoms with Crippen molar-refractivity contribution >= 4 is 30.1 Å². The van der Waals surface area contributed by atoms with E-state index in [9.17, 15) is 14.9 Å². The fourth-order valence-corrected chi connectivity index (χ4v) is 5.90. The number of nitrogens with zero attached hydrogens (tertiary/aromatic N) is 4. The number of rotatable bonds is 10. The van der Waals surface area contributed by atoms with Crippen molar-refractivity contribution < 1.29 is 33.7 Å². The number of aromatic nitrogens is 1. The third kappa shape index (κ3) is 7.54. The lowest BCUT2D eigenvalue weighted by molar-refractivity contribution is -0.123. The van der Waals surface area contributed by atoms with Crippen molar-refractivity contribution in [1.29, 1.82) is 5.26 Å². The van der Waals surface area contributed by atoms with Gasteiger partial charge in [0.1, 0.15) is 30.3 Å². The summed E-state index contributed by atoms with van der Waals surface area (Å²) in [6.07, 6.45) is 1.73. The van der Waals surface area contributed by atoms with Crippen LogP contribution in [0.4, 0.5) is 16.4 Å². The average Bonchev–Trinajstić information content (AvgIpc) is 3.62. The van der Waals surface area contributed by atoms with Crippen molar-refractivity contribution in [2.75, 3.05) is 75.8 Å². The number of ether oxygens (including phenoxy) is 3. The minimum Gasteiger partial charge on any atom is -0.491 e. The normalized spacial score (nSPS) is 20.7. The van der Waals surface area contributed by atoms with Crippen LogP contribution in [0.2, 0.25) is 0 Å². The summed E-state index contributed by atoms with van der Waals surface area (Å²) in [6.45, 7) is 7.11. The molecule has 0 radical (unpaired) electrons. The molecule has 0 saturated carbocycles. The number of pyridine rings is 1. The lowest BCUT2D eigenvalue weighted by Crippen LogP contribution is -2.44. The summed E-state index contributed by atoms with van der Waals surface area (Å²) < 4.78 is 17.0. The SMILES string of the molecule is N#Cc1c(OCCN2CCNCC2)ccc2c1CC(CNCCC1CN(c3ccc4c(n3)NC(=O)CO4)C(=O)O1)C2.O=CO. The molecule has 3 aliphatic heterocycles.